The van der Waals surface area contributed by atoms with Gasteiger partial charge in [0.1, 0.15) is 0 Å². The number of benzene rings is 2. The van der Waals surface area contributed by atoms with Gasteiger partial charge in [0.2, 0.25) is 0 Å². The minimum Gasteiger partial charge on any atom is -0.381 e. The SMILES string of the molecule is CN(C)c1cccc(NCc2c(Cl)ccc(Cl)c2Cl)c1. The van der Waals surface area contributed by atoms with Gasteiger partial charge in [0.25, 0.3) is 0 Å². The van der Waals surface area contributed by atoms with Crippen molar-refractivity contribution in [1.29, 1.82) is 0 Å². The fraction of sp³-hybridized carbons (Fsp3) is 0.200. The summed E-state index contributed by atoms with van der Waals surface area (Å²) in [6, 6.07) is 11.6. The molecule has 0 saturated carbocycles. The maximum atomic E-state index is 6.18. The van der Waals surface area contributed by atoms with Crippen LogP contribution in [-0.2, 0) is 6.54 Å². The van der Waals surface area contributed by atoms with E-state index >= 15 is 0 Å². The highest BCUT2D eigenvalue weighted by Gasteiger charge is 2.09. The molecule has 0 spiro atoms. The number of nitrogens with zero attached hydrogens (tertiary/aromatic N) is 1. The quantitative estimate of drug-likeness (QED) is 0.763. The van der Waals surface area contributed by atoms with Crippen LogP contribution in [0.3, 0.4) is 0 Å². The van der Waals surface area contributed by atoms with Gasteiger partial charge in [-0.05, 0) is 30.3 Å². The van der Waals surface area contributed by atoms with Crippen LogP contribution in [0.2, 0.25) is 15.1 Å². The van der Waals surface area contributed by atoms with Crippen molar-refractivity contribution >= 4 is 46.2 Å². The average molecular weight is 330 g/mol. The van der Waals surface area contributed by atoms with Crippen LogP contribution in [0.25, 0.3) is 0 Å². The molecule has 0 bridgehead atoms. The third kappa shape index (κ3) is 3.51. The van der Waals surface area contributed by atoms with Gasteiger partial charge < -0.3 is 10.2 Å². The lowest BCUT2D eigenvalue weighted by molar-refractivity contribution is 1.12. The molecule has 2 aromatic rings. The van der Waals surface area contributed by atoms with Gasteiger partial charge in [-0.2, -0.15) is 0 Å². The zero-order valence-corrected chi connectivity index (χ0v) is 13.5. The summed E-state index contributed by atoms with van der Waals surface area (Å²) in [4.78, 5) is 2.05. The first-order valence-corrected chi connectivity index (χ1v) is 7.26. The predicted molar refractivity (Wildman–Crippen MR) is 89.6 cm³/mol. The van der Waals surface area contributed by atoms with Crippen LogP contribution in [0, 0.1) is 0 Å². The van der Waals surface area contributed by atoms with Crippen molar-refractivity contribution in [3.05, 3.63) is 57.0 Å². The molecule has 0 unspecified atom stereocenters. The summed E-state index contributed by atoms with van der Waals surface area (Å²) >= 11 is 18.3. The molecule has 2 nitrogen and oxygen atoms in total. The van der Waals surface area contributed by atoms with Crippen LogP contribution in [-0.4, -0.2) is 14.1 Å². The highest BCUT2D eigenvalue weighted by atomic mass is 35.5. The molecule has 106 valence electrons. The maximum absolute atomic E-state index is 6.18. The summed E-state index contributed by atoms with van der Waals surface area (Å²) in [5.41, 5.74) is 2.93. The summed E-state index contributed by atoms with van der Waals surface area (Å²) in [5, 5.41) is 4.92. The van der Waals surface area contributed by atoms with E-state index in [1.807, 2.05) is 37.2 Å². The van der Waals surface area contributed by atoms with Crippen molar-refractivity contribution in [1.82, 2.24) is 0 Å². The van der Waals surface area contributed by atoms with Gasteiger partial charge in [-0.3, -0.25) is 0 Å². The lowest BCUT2D eigenvalue weighted by Gasteiger charge is -2.15. The molecule has 0 aliphatic carbocycles. The molecule has 2 rings (SSSR count). The Kier molecular flexibility index (Phi) is 5.03. The van der Waals surface area contributed by atoms with E-state index in [1.54, 1.807) is 12.1 Å². The van der Waals surface area contributed by atoms with Gasteiger partial charge in [0.05, 0.1) is 10.0 Å². The Labute approximate surface area is 134 Å². The van der Waals surface area contributed by atoms with Crippen molar-refractivity contribution < 1.29 is 0 Å². The number of anilines is 2. The van der Waals surface area contributed by atoms with Gasteiger partial charge in [0.15, 0.2) is 0 Å². The first kappa shape index (κ1) is 15.3. The lowest BCUT2D eigenvalue weighted by atomic mass is 10.2. The molecular formula is C15H15Cl3N2. The summed E-state index contributed by atoms with van der Waals surface area (Å²) in [6.07, 6.45) is 0. The third-order valence-electron chi connectivity index (χ3n) is 2.97. The van der Waals surface area contributed by atoms with E-state index in [-0.39, 0.29) is 0 Å². The molecule has 0 heterocycles. The largest absolute Gasteiger partial charge is 0.381 e. The van der Waals surface area contributed by atoms with Crippen molar-refractivity contribution in [2.75, 3.05) is 24.3 Å². The van der Waals surface area contributed by atoms with Gasteiger partial charge in [-0.25, -0.2) is 0 Å². The molecule has 0 fully saturated rings. The minimum absolute atomic E-state index is 0.496. The molecule has 1 N–H and O–H groups in total. The fourth-order valence-corrected chi connectivity index (χ4v) is 2.50. The van der Waals surface area contributed by atoms with E-state index in [4.69, 9.17) is 34.8 Å². The van der Waals surface area contributed by atoms with Crippen LogP contribution >= 0.6 is 34.8 Å². The third-order valence-corrected chi connectivity index (χ3v) is 4.17. The van der Waals surface area contributed by atoms with Crippen LogP contribution in [0.5, 0.6) is 0 Å². The molecule has 0 aliphatic heterocycles. The van der Waals surface area contributed by atoms with Crippen LogP contribution < -0.4 is 10.2 Å². The first-order chi connectivity index (χ1) is 9.49. The van der Waals surface area contributed by atoms with Gasteiger partial charge in [-0.1, -0.05) is 40.9 Å². The topological polar surface area (TPSA) is 15.3 Å². The number of rotatable bonds is 4. The molecule has 0 saturated heterocycles. The molecule has 0 aromatic heterocycles. The second-order valence-electron chi connectivity index (χ2n) is 4.62. The van der Waals surface area contributed by atoms with Gasteiger partial charge in [0, 0.05) is 42.6 Å². The zero-order valence-electron chi connectivity index (χ0n) is 11.3. The standard InChI is InChI=1S/C15H15Cl3N2/c1-20(2)11-5-3-4-10(8-11)19-9-12-13(16)6-7-14(17)15(12)18/h3-8,19H,9H2,1-2H3. The van der Waals surface area contributed by atoms with Crippen molar-refractivity contribution in [2.24, 2.45) is 0 Å². The minimum atomic E-state index is 0.496. The Hall–Kier alpha value is -1.09. The molecular weight excluding hydrogens is 315 g/mol. The second kappa shape index (κ2) is 6.57. The zero-order chi connectivity index (χ0) is 14.7. The number of halogens is 3. The molecule has 0 aliphatic rings. The van der Waals surface area contributed by atoms with Gasteiger partial charge in [-0.15, -0.1) is 0 Å². The fourth-order valence-electron chi connectivity index (χ4n) is 1.82. The van der Waals surface area contributed by atoms with E-state index < -0.39 is 0 Å². The summed E-state index contributed by atoms with van der Waals surface area (Å²) in [6.45, 7) is 0.523. The van der Waals surface area contributed by atoms with E-state index in [1.165, 1.54) is 0 Å². The molecule has 20 heavy (non-hydrogen) atoms. The number of hydrogen-bond donors (Lipinski definition) is 1. The van der Waals surface area contributed by atoms with Crippen LogP contribution in [0.4, 0.5) is 11.4 Å². The molecule has 5 heteroatoms. The van der Waals surface area contributed by atoms with Crippen molar-refractivity contribution in [3.63, 3.8) is 0 Å². The van der Waals surface area contributed by atoms with Crippen molar-refractivity contribution in [3.8, 4) is 0 Å². The van der Waals surface area contributed by atoms with E-state index in [9.17, 15) is 0 Å². The van der Waals surface area contributed by atoms with Crippen LogP contribution in [0.1, 0.15) is 5.56 Å². The average Bonchev–Trinajstić information content (AvgIpc) is 2.43. The Morgan fingerprint density at radius 2 is 1.70 bits per heavy atom. The monoisotopic (exact) mass is 328 g/mol. The van der Waals surface area contributed by atoms with Gasteiger partial charge >= 0.3 is 0 Å². The molecule has 2 aromatic carbocycles. The molecule has 0 amide bonds. The molecule has 0 radical (unpaired) electrons. The number of hydrogen-bond acceptors (Lipinski definition) is 2. The Bertz CT molecular complexity index is 612. The predicted octanol–water partition coefficient (Wildman–Crippen LogP) is 5.32. The summed E-state index contributed by atoms with van der Waals surface area (Å²) in [5.74, 6) is 0. The summed E-state index contributed by atoms with van der Waals surface area (Å²) in [7, 11) is 4.01. The smallest absolute Gasteiger partial charge is 0.0657 e. The highest BCUT2D eigenvalue weighted by molar-refractivity contribution is 6.44. The molecule has 0 atom stereocenters. The highest BCUT2D eigenvalue weighted by Crippen LogP contribution is 2.32. The van der Waals surface area contributed by atoms with Crippen LogP contribution in [0.15, 0.2) is 36.4 Å². The Balaban J connectivity index is 2.17. The Morgan fingerprint density at radius 1 is 1.00 bits per heavy atom. The van der Waals surface area contributed by atoms with E-state index in [2.05, 4.69) is 11.4 Å². The Morgan fingerprint density at radius 3 is 2.40 bits per heavy atom. The van der Waals surface area contributed by atoms with E-state index in [0.717, 1.165) is 16.9 Å². The maximum Gasteiger partial charge on any atom is 0.0657 e. The summed E-state index contributed by atoms with van der Waals surface area (Å²) < 4.78 is 0. The number of nitrogens with one attached hydrogen (secondary N) is 1. The second-order valence-corrected chi connectivity index (χ2v) is 5.81. The normalized spacial score (nSPS) is 10.4. The van der Waals surface area contributed by atoms with E-state index in [0.29, 0.717) is 21.6 Å². The lowest BCUT2D eigenvalue weighted by Crippen LogP contribution is -2.09. The van der Waals surface area contributed by atoms with Crippen molar-refractivity contribution in [2.45, 2.75) is 6.54 Å². The first-order valence-electron chi connectivity index (χ1n) is 6.12.